The van der Waals surface area contributed by atoms with E-state index in [9.17, 15) is 5.53 Å². The SMILES string of the molecule is CCCCCCCC=CC(=C=[N+]=[N-])C(CCCCCC)=C(c1ccc(CC)cc1)c1ccc(CCCCCC)cc1.C[CH2][Ni][CH2]C. The van der Waals surface area contributed by atoms with Crippen LogP contribution in [0.4, 0.5) is 0 Å². The van der Waals surface area contributed by atoms with Gasteiger partial charge in [0.05, 0.1) is 0 Å². The Balaban J connectivity index is 0.00000195. The molecule has 46 heavy (non-hydrogen) atoms. The maximum atomic E-state index is 9.68. The van der Waals surface area contributed by atoms with Crippen LogP contribution in [-0.4, -0.2) is 10.7 Å². The zero-order chi connectivity index (χ0) is 33.7. The van der Waals surface area contributed by atoms with Crippen molar-refractivity contribution in [3.63, 3.8) is 0 Å². The van der Waals surface area contributed by atoms with Crippen molar-refractivity contribution in [3.8, 4) is 0 Å². The summed E-state index contributed by atoms with van der Waals surface area (Å²) in [6.07, 6.45) is 24.8. The molecule has 0 radical (unpaired) electrons. The number of aryl methyl sites for hydroxylation is 2. The average Bonchev–Trinajstić information content (AvgIpc) is 3.08. The zero-order valence-corrected chi connectivity index (χ0v) is 31.4. The molecule has 0 bridgehead atoms. The molecule has 0 amide bonds. The molecule has 0 unspecified atom stereocenters. The van der Waals surface area contributed by atoms with Gasteiger partial charge in [0, 0.05) is 0 Å². The summed E-state index contributed by atoms with van der Waals surface area (Å²) in [6.45, 7) is 13.4. The summed E-state index contributed by atoms with van der Waals surface area (Å²) >= 11 is 1.82. The molecule has 2 aromatic carbocycles. The Labute approximate surface area is 290 Å². The third kappa shape index (κ3) is 18.1. The van der Waals surface area contributed by atoms with Crippen molar-refractivity contribution in [2.75, 3.05) is 0 Å². The molecule has 0 saturated heterocycles. The predicted molar refractivity (Wildman–Crippen MR) is 201 cm³/mol. The molecule has 0 aliphatic heterocycles. The van der Waals surface area contributed by atoms with Crippen LogP contribution in [0.25, 0.3) is 11.1 Å². The third-order valence-electron chi connectivity index (χ3n) is 8.37. The number of hydrogen-bond donors (Lipinski definition) is 0. The van der Waals surface area contributed by atoms with Crippen molar-refractivity contribution < 1.29 is 19.2 Å². The van der Waals surface area contributed by atoms with Crippen molar-refractivity contribution >= 4 is 11.4 Å². The fourth-order valence-electron chi connectivity index (χ4n) is 5.62. The van der Waals surface area contributed by atoms with Crippen LogP contribution in [0.5, 0.6) is 0 Å². The van der Waals surface area contributed by atoms with Gasteiger partial charge in [-0.1, -0.05) is 147 Å². The first kappa shape index (κ1) is 41.6. The van der Waals surface area contributed by atoms with Gasteiger partial charge in [0.25, 0.3) is 0 Å². The van der Waals surface area contributed by atoms with Crippen molar-refractivity contribution in [2.24, 2.45) is 0 Å². The summed E-state index contributed by atoms with van der Waals surface area (Å²) in [4.78, 5) is 3.43. The Morgan fingerprint density at radius 2 is 1.17 bits per heavy atom. The molecule has 0 atom stereocenters. The van der Waals surface area contributed by atoms with Crippen LogP contribution in [0.15, 0.2) is 71.8 Å². The van der Waals surface area contributed by atoms with Crippen LogP contribution in [-0.2, 0) is 27.3 Å². The number of unbranched alkanes of at least 4 members (excludes halogenated alkanes) is 11. The molecular formula is C43H66N2Ni. The van der Waals surface area contributed by atoms with Crippen molar-refractivity contribution in [1.82, 2.24) is 0 Å². The Morgan fingerprint density at radius 1 is 0.652 bits per heavy atom. The van der Waals surface area contributed by atoms with Crippen LogP contribution in [0.2, 0.25) is 10.8 Å². The second-order valence-corrected chi connectivity index (χ2v) is 13.9. The minimum atomic E-state index is 0.899. The first-order chi connectivity index (χ1) is 22.6. The van der Waals surface area contributed by atoms with Crippen molar-refractivity contribution in [2.45, 2.75) is 161 Å². The van der Waals surface area contributed by atoms with Crippen LogP contribution < -0.4 is 0 Å². The van der Waals surface area contributed by atoms with E-state index in [-0.39, 0.29) is 0 Å². The standard InChI is InChI=1S/C39H56N2.2C2H5.Ni/c1-5-9-12-15-16-17-19-22-37(32-41-40)38(23-20-14-11-7-3)39(35-28-24-33(8-4)25-29-35)36-30-26-34(27-31-36)21-18-13-10-6-2;2*1-2;/h19,22,24-31H,5-18,20-21,23H2,1-4H3;2*1H2,2H3;. The second kappa shape index (κ2) is 28.8. The normalized spacial score (nSPS) is 11.5. The number of rotatable bonds is 23. The van der Waals surface area contributed by atoms with Crippen molar-refractivity contribution in [3.05, 3.63) is 99.6 Å². The van der Waals surface area contributed by atoms with Gasteiger partial charge in [-0.15, -0.1) is 4.79 Å². The monoisotopic (exact) mass is 668 g/mol. The van der Waals surface area contributed by atoms with E-state index in [0.717, 1.165) is 37.7 Å². The number of benzene rings is 2. The fraction of sp³-hybridized carbons (Fsp3) is 0.581. The number of nitrogens with zero attached hydrogens (tertiary/aromatic N) is 2. The van der Waals surface area contributed by atoms with Crippen LogP contribution in [0, 0.1) is 0 Å². The molecule has 0 fully saturated rings. The molecule has 0 N–H and O–H groups in total. The van der Waals surface area contributed by atoms with E-state index in [0.29, 0.717) is 0 Å². The quantitative estimate of drug-likeness (QED) is 0.0282. The van der Waals surface area contributed by atoms with Gasteiger partial charge in [-0.05, 0) is 84.4 Å². The van der Waals surface area contributed by atoms with Crippen LogP contribution >= 0.6 is 0 Å². The first-order valence-corrected chi connectivity index (χ1v) is 20.0. The van der Waals surface area contributed by atoms with E-state index in [1.807, 2.05) is 14.4 Å². The molecule has 258 valence electrons. The Morgan fingerprint density at radius 3 is 1.67 bits per heavy atom. The summed E-state index contributed by atoms with van der Waals surface area (Å²) in [5.41, 5.74) is 18.2. The molecule has 0 aliphatic rings. The van der Waals surface area contributed by atoms with Gasteiger partial charge in [0.1, 0.15) is 5.57 Å². The first-order valence-electron chi connectivity index (χ1n) is 18.6. The zero-order valence-electron chi connectivity index (χ0n) is 30.4. The summed E-state index contributed by atoms with van der Waals surface area (Å²) in [7, 11) is 0. The van der Waals surface area contributed by atoms with Gasteiger partial charge < -0.3 is 5.53 Å². The molecule has 0 aliphatic carbocycles. The molecule has 3 heteroatoms. The third-order valence-corrected chi connectivity index (χ3v) is 9.35. The number of hydrogen-bond acceptors (Lipinski definition) is 0. The second-order valence-electron chi connectivity index (χ2n) is 12.1. The van der Waals surface area contributed by atoms with E-state index in [2.05, 4.69) is 113 Å². The molecule has 2 rings (SSSR count). The molecular weight excluding hydrogens is 603 g/mol. The summed E-state index contributed by atoms with van der Waals surface area (Å²) in [5, 5.41) is 2.56. The van der Waals surface area contributed by atoms with Gasteiger partial charge in [-0.2, -0.15) is 0 Å². The summed E-state index contributed by atoms with van der Waals surface area (Å²) < 4.78 is 0. The van der Waals surface area contributed by atoms with E-state index < -0.39 is 0 Å². The fourth-order valence-corrected chi connectivity index (χ4v) is 6.12. The minimum absolute atomic E-state index is 0.899. The molecule has 2 aromatic rings. The number of allylic oxidation sites excluding steroid dienone is 4. The molecule has 2 nitrogen and oxygen atoms in total. The summed E-state index contributed by atoms with van der Waals surface area (Å²) in [6, 6.07) is 18.3. The molecule has 0 spiro atoms. The maximum absolute atomic E-state index is 9.68. The van der Waals surface area contributed by atoms with E-state index >= 15 is 0 Å². The van der Waals surface area contributed by atoms with E-state index in [1.165, 1.54) is 121 Å². The Hall–Kier alpha value is -2.43. The summed E-state index contributed by atoms with van der Waals surface area (Å²) in [5.74, 6) is 2.98. The van der Waals surface area contributed by atoms with E-state index in [4.69, 9.17) is 0 Å². The van der Waals surface area contributed by atoms with Crippen LogP contribution in [0.3, 0.4) is 0 Å². The van der Waals surface area contributed by atoms with Gasteiger partial charge in [0.15, 0.2) is 0 Å². The predicted octanol–water partition coefficient (Wildman–Crippen LogP) is 13.8. The van der Waals surface area contributed by atoms with Gasteiger partial charge in [-0.25, -0.2) is 0 Å². The van der Waals surface area contributed by atoms with Gasteiger partial charge >= 0.3 is 44.9 Å². The Bertz CT molecular complexity index is 1170. The average molecular weight is 670 g/mol. The molecule has 0 saturated carbocycles. The Kier molecular flexibility index (Phi) is 26.0. The van der Waals surface area contributed by atoms with E-state index in [1.54, 1.807) is 0 Å². The van der Waals surface area contributed by atoms with Crippen molar-refractivity contribution in [1.29, 1.82) is 0 Å². The van der Waals surface area contributed by atoms with Gasteiger partial charge in [0.2, 0.25) is 0 Å². The topological polar surface area (TPSA) is 36.4 Å². The molecule has 0 aromatic heterocycles. The van der Waals surface area contributed by atoms with Gasteiger partial charge in [-0.3, -0.25) is 0 Å². The van der Waals surface area contributed by atoms with Crippen LogP contribution in [0.1, 0.15) is 160 Å². The molecule has 0 heterocycles.